The number of nitrogen functional groups attached to an aromatic ring is 2. The lowest BCUT2D eigenvalue weighted by Gasteiger charge is -1.96. The van der Waals surface area contributed by atoms with Crippen LogP contribution in [0.25, 0.3) is 0 Å². The molecule has 146 valence electrons. The van der Waals surface area contributed by atoms with Crippen LogP contribution in [0.1, 0.15) is 20.7 Å². The van der Waals surface area contributed by atoms with Crippen LogP contribution in [0, 0.1) is 0 Å². The molecule has 8 heteroatoms. The van der Waals surface area contributed by atoms with Crippen LogP contribution in [-0.4, -0.2) is 22.8 Å². The minimum atomic E-state index is -0.154. The van der Waals surface area contributed by atoms with Crippen LogP contribution in [0.3, 0.4) is 0 Å². The van der Waals surface area contributed by atoms with E-state index < -0.39 is 0 Å². The normalized spacial score (nSPS) is 9.21. The van der Waals surface area contributed by atoms with Crippen LogP contribution in [0.5, 0.6) is 11.5 Å². The summed E-state index contributed by atoms with van der Waals surface area (Å²) in [6.45, 7) is 0. The van der Waals surface area contributed by atoms with E-state index in [0.29, 0.717) is 23.9 Å². The summed E-state index contributed by atoms with van der Waals surface area (Å²) in [7, 11) is 0. The van der Waals surface area contributed by atoms with Gasteiger partial charge in [0.25, 0.3) is 0 Å². The average molecular weight is 421 g/mol. The van der Waals surface area contributed by atoms with E-state index in [1.54, 1.807) is 24.3 Å². The summed E-state index contributed by atoms with van der Waals surface area (Å²) in [6, 6.07) is 16.5. The molecule has 0 saturated carbocycles. The largest absolute Gasteiger partial charge is 0.506 e. The molecular weight excluding hydrogens is 403 g/mol. The molecule has 0 aliphatic rings. The highest BCUT2D eigenvalue weighted by Gasteiger charge is 2.02. The third kappa shape index (κ3) is 6.83. The molecule has 28 heavy (non-hydrogen) atoms. The zero-order chi connectivity index (χ0) is 21.1. The predicted molar refractivity (Wildman–Crippen MR) is 112 cm³/mol. The summed E-state index contributed by atoms with van der Waals surface area (Å²) in [6.07, 6.45) is 1.11. The Morgan fingerprint density at radius 3 is 1.25 bits per heavy atom. The van der Waals surface area contributed by atoms with Crippen LogP contribution in [0.4, 0.5) is 11.4 Å². The van der Waals surface area contributed by atoms with Crippen molar-refractivity contribution >= 4 is 47.1 Å². The maximum atomic E-state index is 10.2. The number of hydrogen-bond donors (Lipinski definition) is 4. The fraction of sp³-hybridized carbons (Fsp3) is 0. The Labute approximate surface area is 171 Å². The van der Waals surface area contributed by atoms with Crippen molar-refractivity contribution in [2.45, 2.75) is 0 Å². The smallest absolute Gasteiger partial charge is 0.153 e. The number of halogens is 2. The number of aromatic hydroxyl groups is 2. The molecular formula is C20H18Cl2N2O4. The molecule has 3 aromatic rings. The highest BCUT2D eigenvalue weighted by atomic mass is 35.5. The lowest BCUT2D eigenvalue weighted by molar-refractivity contribution is 0.111. The Morgan fingerprint density at radius 2 is 1.00 bits per heavy atom. The number of phenols is 2. The number of carbonyl (C=O) groups excluding carboxylic acids is 2. The lowest BCUT2D eigenvalue weighted by Crippen LogP contribution is -1.91. The zero-order valence-electron chi connectivity index (χ0n) is 14.5. The zero-order valence-corrected chi connectivity index (χ0v) is 16.1. The molecule has 6 nitrogen and oxygen atoms in total. The number of anilines is 2. The summed E-state index contributed by atoms with van der Waals surface area (Å²) in [4.78, 5) is 20.3. The van der Waals surface area contributed by atoms with Gasteiger partial charge in [-0.1, -0.05) is 47.5 Å². The van der Waals surface area contributed by atoms with Crippen LogP contribution in [-0.2, 0) is 0 Å². The topological polar surface area (TPSA) is 127 Å². The van der Waals surface area contributed by atoms with E-state index in [9.17, 15) is 9.59 Å². The molecule has 0 bridgehead atoms. The third-order valence-electron chi connectivity index (χ3n) is 3.29. The van der Waals surface area contributed by atoms with Crippen molar-refractivity contribution in [1.29, 1.82) is 0 Å². The molecule has 0 spiro atoms. The number of nitrogens with two attached hydrogens (primary N) is 2. The first-order valence-electron chi connectivity index (χ1n) is 7.77. The molecule has 0 aliphatic heterocycles. The molecule has 0 atom stereocenters. The fourth-order valence-electron chi connectivity index (χ4n) is 1.77. The van der Waals surface area contributed by atoms with Gasteiger partial charge >= 0.3 is 0 Å². The minimum absolute atomic E-state index is 0.154. The van der Waals surface area contributed by atoms with E-state index in [-0.39, 0.29) is 32.7 Å². The number of phenolic OH excluding ortho intramolecular Hbond substituents is 2. The fourth-order valence-corrected chi connectivity index (χ4v) is 2.13. The molecule has 0 aliphatic carbocycles. The molecule has 0 amide bonds. The quantitative estimate of drug-likeness (QED) is 0.355. The lowest BCUT2D eigenvalue weighted by atomic mass is 10.2. The standard InChI is InChI=1S/2C7H5ClO2.C6H8N2/c2*8-6-3-1-2-5(4-9)7(6)10;7-5-3-1-2-4-6(5)8/h2*1-4,10H;1-4H,7-8H2. The van der Waals surface area contributed by atoms with Crippen LogP contribution >= 0.6 is 23.2 Å². The summed E-state index contributed by atoms with van der Waals surface area (Å²) < 4.78 is 0. The number of benzene rings is 3. The first-order chi connectivity index (χ1) is 13.3. The minimum Gasteiger partial charge on any atom is -0.506 e. The Balaban J connectivity index is 0.000000212. The van der Waals surface area contributed by atoms with E-state index in [2.05, 4.69) is 0 Å². The second-order valence-electron chi connectivity index (χ2n) is 5.22. The van der Waals surface area contributed by atoms with E-state index in [1.807, 2.05) is 12.1 Å². The molecule has 3 rings (SSSR count). The Bertz CT molecular complexity index is 873. The Kier molecular flexibility index (Phi) is 9.36. The second kappa shape index (κ2) is 11.5. The van der Waals surface area contributed by atoms with Crippen LogP contribution < -0.4 is 11.5 Å². The van der Waals surface area contributed by atoms with Gasteiger partial charge in [-0.05, 0) is 36.4 Å². The van der Waals surface area contributed by atoms with Crippen molar-refractivity contribution in [3.05, 3.63) is 81.8 Å². The number of carbonyl (C=O) groups is 2. The number of para-hydroxylation sites is 4. The van der Waals surface area contributed by atoms with Crippen molar-refractivity contribution in [1.82, 2.24) is 0 Å². The van der Waals surface area contributed by atoms with Crippen molar-refractivity contribution in [2.24, 2.45) is 0 Å². The maximum Gasteiger partial charge on any atom is 0.153 e. The van der Waals surface area contributed by atoms with E-state index in [1.165, 1.54) is 24.3 Å². The Morgan fingerprint density at radius 1 is 0.643 bits per heavy atom. The number of hydrogen-bond acceptors (Lipinski definition) is 6. The van der Waals surface area contributed by atoms with Gasteiger partial charge in [0, 0.05) is 0 Å². The molecule has 0 heterocycles. The molecule has 0 radical (unpaired) electrons. The molecule has 3 aromatic carbocycles. The molecule has 0 saturated heterocycles. The van der Waals surface area contributed by atoms with Crippen LogP contribution in [0.2, 0.25) is 10.0 Å². The van der Waals surface area contributed by atoms with Crippen molar-refractivity contribution < 1.29 is 19.8 Å². The molecule has 0 unspecified atom stereocenters. The highest BCUT2D eigenvalue weighted by Crippen LogP contribution is 2.25. The van der Waals surface area contributed by atoms with Gasteiger partial charge < -0.3 is 21.7 Å². The van der Waals surface area contributed by atoms with Gasteiger partial charge in [-0.15, -0.1) is 0 Å². The highest BCUT2D eigenvalue weighted by molar-refractivity contribution is 6.32. The first-order valence-corrected chi connectivity index (χ1v) is 8.52. The van der Waals surface area contributed by atoms with E-state index in [0.717, 1.165) is 0 Å². The summed E-state index contributed by atoms with van der Waals surface area (Å²) in [5.74, 6) is -0.307. The number of rotatable bonds is 2. The van der Waals surface area contributed by atoms with Gasteiger partial charge in [0.15, 0.2) is 12.6 Å². The van der Waals surface area contributed by atoms with Crippen LogP contribution in [0.15, 0.2) is 60.7 Å². The summed E-state index contributed by atoms with van der Waals surface area (Å²) in [5.41, 5.74) is 12.5. The summed E-state index contributed by atoms with van der Waals surface area (Å²) in [5, 5.41) is 18.5. The van der Waals surface area contributed by atoms with Gasteiger partial charge in [0.1, 0.15) is 11.5 Å². The monoisotopic (exact) mass is 420 g/mol. The van der Waals surface area contributed by atoms with Crippen molar-refractivity contribution in [3.63, 3.8) is 0 Å². The molecule has 0 aromatic heterocycles. The Hall–Kier alpha value is -3.22. The van der Waals surface area contributed by atoms with Gasteiger partial charge in [0.2, 0.25) is 0 Å². The SMILES string of the molecule is Nc1ccccc1N.O=Cc1cccc(Cl)c1O.O=Cc1cccc(Cl)c1O. The predicted octanol–water partition coefficient (Wildman–Crippen LogP) is 4.57. The molecule has 6 N–H and O–H groups in total. The van der Waals surface area contributed by atoms with Gasteiger partial charge in [-0.3, -0.25) is 9.59 Å². The first kappa shape index (κ1) is 22.8. The average Bonchev–Trinajstić information content (AvgIpc) is 2.69. The third-order valence-corrected chi connectivity index (χ3v) is 3.90. The number of aldehydes is 2. The van der Waals surface area contributed by atoms with Crippen molar-refractivity contribution in [2.75, 3.05) is 11.5 Å². The maximum absolute atomic E-state index is 10.2. The van der Waals surface area contributed by atoms with Gasteiger partial charge in [-0.25, -0.2) is 0 Å². The van der Waals surface area contributed by atoms with Gasteiger partial charge in [0.05, 0.1) is 32.5 Å². The molecule has 0 fully saturated rings. The van der Waals surface area contributed by atoms with Crippen molar-refractivity contribution in [3.8, 4) is 11.5 Å². The summed E-state index contributed by atoms with van der Waals surface area (Å²) >= 11 is 11.0. The van der Waals surface area contributed by atoms with Gasteiger partial charge in [-0.2, -0.15) is 0 Å². The van der Waals surface area contributed by atoms with E-state index in [4.69, 9.17) is 44.9 Å². The van der Waals surface area contributed by atoms with E-state index >= 15 is 0 Å². The second-order valence-corrected chi connectivity index (χ2v) is 6.03.